The number of H-pyrrole nitrogens is 1. The van der Waals surface area contributed by atoms with Gasteiger partial charge in [0, 0.05) is 18.1 Å². The number of imidazole rings is 1. The van der Waals surface area contributed by atoms with E-state index in [1.807, 2.05) is 24.3 Å². The lowest BCUT2D eigenvalue weighted by molar-refractivity contribution is -0.115. The van der Waals surface area contributed by atoms with Crippen molar-refractivity contribution in [2.45, 2.75) is 6.42 Å². The fourth-order valence-electron chi connectivity index (χ4n) is 2.23. The Labute approximate surface area is 149 Å². The Morgan fingerprint density at radius 2 is 1.83 bits per heavy atom. The zero-order valence-electron chi connectivity index (χ0n) is 12.5. The standard InChI is InChI=1S/C17H14Cl2N4O/c18-12-5-3-6-13(19)16(12)22-14-7-2-1-4-11(14)10-15(24)23-17-20-8-9-21-17/h1-9,22H,10H2,(H2,20,21,23,24). The number of amides is 1. The smallest absolute Gasteiger partial charge is 0.231 e. The van der Waals surface area contributed by atoms with E-state index in [4.69, 9.17) is 23.2 Å². The van der Waals surface area contributed by atoms with Crippen LogP contribution in [0.4, 0.5) is 17.3 Å². The Bertz CT molecular complexity index is 829. The Hall–Kier alpha value is -2.50. The third kappa shape index (κ3) is 3.88. The zero-order valence-corrected chi connectivity index (χ0v) is 14.0. The van der Waals surface area contributed by atoms with Crippen molar-refractivity contribution in [1.82, 2.24) is 9.97 Å². The first kappa shape index (κ1) is 16.4. The summed E-state index contributed by atoms with van der Waals surface area (Å²) in [6.45, 7) is 0. The van der Waals surface area contributed by atoms with Gasteiger partial charge in [-0.2, -0.15) is 0 Å². The normalized spacial score (nSPS) is 10.4. The number of carbonyl (C=O) groups excluding carboxylic acids is 1. The first-order valence-corrected chi connectivity index (χ1v) is 7.97. The number of aromatic amines is 1. The van der Waals surface area contributed by atoms with E-state index in [9.17, 15) is 4.79 Å². The number of nitrogens with one attached hydrogen (secondary N) is 3. The number of aromatic nitrogens is 2. The average molecular weight is 361 g/mol. The van der Waals surface area contributed by atoms with Gasteiger partial charge in [0.05, 0.1) is 22.2 Å². The van der Waals surface area contributed by atoms with Gasteiger partial charge in [0.1, 0.15) is 0 Å². The van der Waals surface area contributed by atoms with E-state index in [1.54, 1.807) is 30.6 Å². The van der Waals surface area contributed by atoms with Crippen molar-refractivity contribution in [3.05, 3.63) is 70.5 Å². The molecule has 0 radical (unpaired) electrons. The molecule has 0 spiro atoms. The van der Waals surface area contributed by atoms with Crippen LogP contribution in [0, 0.1) is 0 Å². The highest BCUT2D eigenvalue weighted by molar-refractivity contribution is 6.39. The van der Waals surface area contributed by atoms with Crippen LogP contribution >= 0.6 is 23.2 Å². The molecule has 3 aromatic rings. The van der Waals surface area contributed by atoms with Crippen molar-refractivity contribution in [3.63, 3.8) is 0 Å². The van der Waals surface area contributed by atoms with E-state index >= 15 is 0 Å². The van der Waals surface area contributed by atoms with Crippen molar-refractivity contribution in [2.24, 2.45) is 0 Å². The highest BCUT2D eigenvalue weighted by Gasteiger charge is 2.12. The van der Waals surface area contributed by atoms with Gasteiger partial charge in [-0.25, -0.2) is 4.98 Å². The highest BCUT2D eigenvalue weighted by atomic mass is 35.5. The number of benzene rings is 2. The summed E-state index contributed by atoms with van der Waals surface area (Å²) < 4.78 is 0. The Balaban J connectivity index is 1.79. The molecule has 0 fully saturated rings. The first-order valence-electron chi connectivity index (χ1n) is 7.21. The van der Waals surface area contributed by atoms with Gasteiger partial charge >= 0.3 is 0 Å². The molecule has 0 saturated carbocycles. The van der Waals surface area contributed by atoms with Crippen molar-refractivity contribution in [1.29, 1.82) is 0 Å². The Kier molecular flexibility index (Phi) is 5.03. The van der Waals surface area contributed by atoms with Gasteiger partial charge in [-0.1, -0.05) is 47.5 Å². The summed E-state index contributed by atoms with van der Waals surface area (Å²) in [7, 11) is 0. The molecule has 1 heterocycles. The summed E-state index contributed by atoms with van der Waals surface area (Å²) in [5, 5.41) is 6.93. The van der Waals surface area contributed by atoms with Gasteiger partial charge in [-0.05, 0) is 23.8 Å². The maximum atomic E-state index is 12.2. The molecule has 0 aliphatic heterocycles. The molecule has 0 saturated heterocycles. The summed E-state index contributed by atoms with van der Waals surface area (Å²) >= 11 is 12.4. The van der Waals surface area contributed by atoms with Crippen molar-refractivity contribution in [3.8, 4) is 0 Å². The van der Waals surface area contributed by atoms with Gasteiger partial charge in [-0.3, -0.25) is 10.1 Å². The SMILES string of the molecule is O=C(Cc1ccccc1Nc1c(Cl)cccc1Cl)Nc1ncc[nH]1. The van der Waals surface area contributed by atoms with Gasteiger partial charge in [-0.15, -0.1) is 0 Å². The number of rotatable bonds is 5. The largest absolute Gasteiger partial charge is 0.353 e. The lowest BCUT2D eigenvalue weighted by Gasteiger charge is -2.14. The topological polar surface area (TPSA) is 69.8 Å². The van der Waals surface area contributed by atoms with Crippen LogP contribution in [0.15, 0.2) is 54.9 Å². The molecule has 5 nitrogen and oxygen atoms in total. The fourth-order valence-corrected chi connectivity index (χ4v) is 2.72. The minimum absolute atomic E-state index is 0.176. The van der Waals surface area contributed by atoms with E-state index in [-0.39, 0.29) is 12.3 Å². The molecule has 3 N–H and O–H groups in total. The summed E-state index contributed by atoms with van der Waals surface area (Å²) in [6.07, 6.45) is 3.40. The van der Waals surface area contributed by atoms with Crippen molar-refractivity contribution >= 4 is 46.4 Å². The Morgan fingerprint density at radius 1 is 1.08 bits per heavy atom. The lowest BCUT2D eigenvalue weighted by Crippen LogP contribution is -2.16. The number of para-hydroxylation sites is 2. The zero-order chi connectivity index (χ0) is 16.9. The Morgan fingerprint density at radius 3 is 2.54 bits per heavy atom. The van der Waals surface area contributed by atoms with Crippen molar-refractivity contribution < 1.29 is 4.79 Å². The highest BCUT2D eigenvalue weighted by Crippen LogP contribution is 2.33. The number of carbonyl (C=O) groups is 1. The molecular weight excluding hydrogens is 347 g/mol. The summed E-state index contributed by atoms with van der Waals surface area (Å²) in [4.78, 5) is 19.0. The molecule has 7 heteroatoms. The molecule has 122 valence electrons. The van der Waals surface area contributed by atoms with Crippen LogP contribution in [0.25, 0.3) is 0 Å². The quantitative estimate of drug-likeness (QED) is 0.620. The molecule has 0 atom stereocenters. The molecule has 0 unspecified atom stereocenters. The molecule has 3 rings (SSSR count). The third-order valence-corrected chi connectivity index (χ3v) is 3.98. The minimum Gasteiger partial charge on any atom is -0.353 e. The molecule has 0 bridgehead atoms. The van der Waals surface area contributed by atoms with Crippen LogP contribution in [-0.4, -0.2) is 15.9 Å². The van der Waals surface area contributed by atoms with Gasteiger partial charge in [0.25, 0.3) is 0 Å². The van der Waals surface area contributed by atoms with E-state index in [1.165, 1.54) is 0 Å². The van der Waals surface area contributed by atoms with Crippen LogP contribution in [0.5, 0.6) is 0 Å². The number of halogens is 2. The third-order valence-electron chi connectivity index (χ3n) is 3.35. The van der Waals surface area contributed by atoms with Crippen LogP contribution in [0.2, 0.25) is 10.0 Å². The second kappa shape index (κ2) is 7.38. The van der Waals surface area contributed by atoms with E-state index in [2.05, 4.69) is 20.6 Å². The lowest BCUT2D eigenvalue weighted by atomic mass is 10.1. The van der Waals surface area contributed by atoms with Crippen LogP contribution in [-0.2, 0) is 11.2 Å². The number of hydrogen-bond donors (Lipinski definition) is 3. The number of hydrogen-bond acceptors (Lipinski definition) is 3. The van der Waals surface area contributed by atoms with E-state index in [0.717, 1.165) is 11.3 Å². The minimum atomic E-state index is -0.176. The molecule has 0 aliphatic rings. The maximum absolute atomic E-state index is 12.2. The molecule has 2 aromatic carbocycles. The average Bonchev–Trinajstić information content (AvgIpc) is 3.05. The maximum Gasteiger partial charge on any atom is 0.231 e. The van der Waals surface area contributed by atoms with Crippen LogP contribution in [0.1, 0.15) is 5.56 Å². The number of nitrogens with zero attached hydrogens (tertiary/aromatic N) is 1. The predicted octanol–water partition coefficient (Wildman–Crippen LogP) is 4.64. The summed E-state index contributed by atoms with van der Waals surface area (Å²) in [6, 6.07) is 12.8. The second-order valence-corrected chi connectivity index (χ2v) is 5.86. The fraction of sp³-hybridized carbons (Fsp3) is 0.0588. The van der Waals surface area contributed by atoms with Gasteiger partial charge < -0.3 is 10.3 Å². The summed E-state index contributed by atoms with van der Waals surface area (Å²) in [5.74, 6) is 0.240. The second-order valence-electron chi connectivity index (χ2n) is 5.04. The van der Waals surface area contributed by atoms with E-state index in [0.29, 0.717) is 21.7 Å². The van der Waals surface area contributed by atoms with Crippen molar-refractivity contribution in [2.75, 3.05) is 10.6 Å². The monoisotopic (exact) mass is 360 g/mol. The van der Waals surface area contributed by atoms with Crippen LogP contribution in [0.3, 0.4) is 0 Å². The first-order chi connectivity index (χ1) is 11.6. The van der Waals surface area contributed by atoms with Gasteiger partial charge in [0.2, 0.25) is 11.9 Å². The predicted molar refractivity (Wildman–Crippen MR) is 97.1 cm³/mol. The molecule has 1 amide bonds. The molecule has 0 aliphatic carbocycles. The number of anilines is 3. The summed E-state index contributed by atoms with van der Waals surface area (Å²) in [5.41, 5.74) is 2.19. The van der Waals surface area contributed by atoms with Crippen LogP contribution < -0.4 is 10.6 Å². The molecule has 1 aromatic heterocycles. The van der Waals surface area contributed by atoms with Gasteiger partial charge in [0.15, 0.2) is 0 Å². The molecule has 24 heavy (non-hydrogen) atoms. The van der Waals surface area contributed by atoms with E-state index < -0.39 is 0 Å². The molecular formula is C17H14Cl2N4O.